The summed E-state index contributed by atoms with van der Waals surface area (Å²) in [7, 11) is -3.96. The van der Waals surface area contributed by atoms with E-state index in [4.69, 9.17) is 14.0 Å². The van der Waals surface area contributed by atoms with Gasteiger partial charge in [-0.15, -0.1) is 0 Å². The molecule has 0 saturated heterocycles. The van der Waals surface area contributed by atoms with Gasteiger partial charge < -0.3 is 19.3 Å². The van der Waals surface area contributed by atoms with Gasteiger partial charge in [-0.2, -0.15) is 4.98 Å². The molecule has 162 valence electrons. The Hall–Kier alpha value is -3.44. The van der Waals surface area contributed by atoms with E-state index < -0.39 is 22.5 Å². The first-order chi connectivity index (χ1) is 14.8. The van der Waals surface area contributed by atoms with Crippen molar-refractivity contribution in [3.63, 3.8) is 0 Å². The van der Waals surface area contributed by atoms with E-state index in [2.05, 4.69) is 20.2 Å². The first-order valence-electron chi connectivity index (χ1n) is 9.42. The minimum absolute atomic E-state index is 0.0274. The van der Waals surface area contributed by atoms with Crippen molar-refractivity contribution >= 4 is 21.6 Å². The van der Waals surface area contributed by atoms with Crippen molar-refractivity contribution < 1.29 is 27.2 Å². The molecule has 2 heterocycles. The minimum atomic E-state index is -3.96. The third-order valence-corrected chi connectivity index (χ3v) is 6.06. The molecule has 2 aromatic carbocycles. The van der Waals surface area contributed by atoms with E-state index >= 15 is 0 Å². The predicted molar refractivity (Wildman–Crippen MR) is 110 cm³/mol. The fourth-order valence-electron chi connectivity index (χ4n) is 3.01. The highest BCUT2D eigenvalue weighted by atomic mass is 32.2. The molecule has 1 amide bonds. The second-order valence-electron chi connectivity index (χ2n) is 6.85. The summed E-state index contributed by atoms with van der Waals surface area (Å²) in [6.45, 7) is 3.75. The molecule has 2 N–H and O–H groups in total. The van der Waals surface area contributed by atoms with E-state index in [0.29, 0.717) is 47.4 Å². The zero-order chi connectivity index (χ0) is 22.0. The fraction of sp³-hybridized carbons (Fsp3) is 0.250. The van der Waals surface area contributed by atoms with Gasteiger partial charge in [0.15, 0.2) is 11.5 Å². The van der Waals surface area contributed by atoms with Crippen molar-refractivity contribution in [1.82, 2.24) is 14.9 Å². The Kier molecular flexibility index (Phi) is 5.61. The molecular formula is C20H20N4O6S. The normalized spacial score (nSPS) is 13.1. The van der Waals surface area contributed by atoms with Crippen LogP contribution in [0.2, 0.25) is 0 Å². The molecule has 0 saturated carbocycles. The summed E-state index contributed by atoms with van der Waals surface area (Å²) in [5.74, 6) is 1.24. The molecule has 0 atom stereocenters. The average Bonchev–Trinajstić information content (AvgIpc) is 3.19. The second kappa shape index (κ2) is 8.36. The number of amides is 1. The van der Waals surface area contributed by atoms with Crippen LogP contribution in [0.1, 0.15) is 11.5 Å². The molecule has 11 heteroatoms. The summed E-state index contributed by atoms with van der Waals surface area (Å²) in [6, 6.07) is 9.75. The maximum atomic E-state index is 12.8. The summed E-state index contributed by atoms with van der Waals surface area (Å²) < 4.78 is 43.8. The van der Waals surface area contributed by atoms with Crippen LogP contribution in [-0.2, 0) is 14.8 Å². The molecule has 1 aliphatic rings. The minimum Gasteiger partial charge on any atom is -0.486 e. The number of carbonyl (C=O) groups is 1. The highest BCUT2D eigenvalue weighted by Crippen LogP contribution is 2.32. The number of fused-ring (bicyclic) bond motifs is 1. The molecule has 10 nitrogen and oxygen atoms in total. The molecule has 0 bridgehead atoms. The number of carbonyl (C=O) groups excluding carboxylic acids is 1. The highest BCUT2D eigenvalue weighted by Gasteiger charge is 2.20. The van der Waals surface area contributed by atoms with Gasteiger partial charge in [0.2, 0.25) is 27.6 Å². The number of nitrogens with one attached hydrogen (secondary N) is 2. The number of ether oxygens (including phenoxy) is 2. The van der Waals surface area contributed by atoms with Crippen LogP contribution in [0.5, 0.6) is 11.5 Å². The van der Waals surface area contributed by atoms with Crippen LogP contribution in [0.3, 0.4) is 0 Å². The molecular weight excluding hydrogens is 424 g/mol. The lowest BCUT2D eigenvalue weighted by Crippen LogP contribution is -2.33. The number of aryl methyl sites for hydroxylation is 2. The number of sulfonamides is 1. The van der Waals surface area contributed by atoms with Gasteiger partial charge in [-0.05, 0) is 30.7 Å². The Balaban J connectivity index is 1.45. The van der Waals surface area contributed by atoms with Gasteiger partial charge in [-0.3, -0.25) is 4.79 Å². The SMILES string of the molecule is Cc1nc(-c2ccc(C)c(S(=O)(=O)NCC(=O)Nc3ccc4c(c3)OCCO4)c2)no1. The van der Waals surface area contributed by atoms with Gasteiger partial charge in [0.05, 0.1) is 11.4 Å². The Morgan fingerprint density at radius 3 is 2.58 bits per heavy atom. The van der Waals surface area contributed by atoms with Gasteiger partial charge in [0.25, 0.3) is 0 Å². The Morgan fingerprint density at radius 1 is 1.06 bits per heavy atom. The zero-order valence-electron chi connectivity index (χ0n) is 16.8. The topological polar surface area (TPSA) is 133 Å². The molecule has 0 unspecified atom stereocenters. The maximum Gasteiger partial charge on any atom is 0.241 e. The van der Waals surface area contributed by atoms with Crippen molar-refractivity contribution in [3.05, 3.63) is 47.9 Å². The van der Waals surface area contributed by atoms with Crippen LogP contribution in [-0.4, -0.2) is 44.2 Å². The largest absolute Gasteiger partial charge is 0.486 e. The third-order valence-electron chi connectivity index (χ3n) is 4.51. The second-order valence-corrected chi connectivity index (χ2v) is 8.58. The zero-order valence-corrected chi connectivity index (χ0v) is 17.7. The predicted octanol–water partition coefficient (Wildman–Crippen LogP) is 2.04. The van der Waals surface area contributed by atoms with Gasteiger partial charge in [0, 0.05) is 24.2 Å². The number of benzene rings is 2. The van der Waals surface area contributed by atoms with Crippen LogP contribution in [0.15, 0.2) is 45.8 Å². The van der Waals surface area contributed by atoms with Gasteiger partial charge >= 0.3 is 0 Å². The lowest BCUT2D eigenvalue weighted by molar-refractivity contribution is -0.115. The Morgan fingerprint density at radius 2 is 1.84 bits per heavy atom. The van der Waals surface area contributed by atoms with Gasteiger partial charge in [-0.1, -0.05) is 17.3 Å². The Bertz CT molecular complexity index is 1240. The monoisotopic (exact) mass is 444 g/mol. The molecule has 1 aromatic heterocycles. The van der Waals surface area contributed by atoms with Crippen molar-refractivity contribution in [2.75, 3.05) is 25.1 Å². The highest BCUT2D eigenvalue weighted by molar-refractivity contribution is 7.89. The summed E-state index contributed by atoms with van der Waals surface area (Å²) in [6.07, 6.45) is 0. The molecule has 0 aliphatic carbocycles. The molecule has 0 radical (unpaired) electrons. The van der Waals surface area contributed by atoms with Crippen molar-refractivity contribution in [1.29, 1.82) is 0 Å². The van der Waals surface area contributed by atoms with Crippen LogP contribution in [0, 0.1) is 13.8 Å². The summed E-state index contributed by atoms with van der Waals surface area (Å²) in [5.41, 5.74) is 1.48. The third kappa shape index (κ3) is 4.67. The van der Waals surface area contributed by atoms with Crippen LogP contribution >= 0.6 is 0 Å². The van der Waals surface area contributed by atoms with Crippen molar-refractivity contribution in [2.45, 2.75) is 18.7 Å². The van der Waals surface area contributed by atoms with Gasteiger partial charge in [0.1, 0.15) is 13.2 Å². The lowest BCUT2D eigenvalue weighted by Gasteiger charge is -2.19. The van der Waals surface area contributed by atoms with E-state index in [1.807, 2.05) is 0 Å². The molecule has 4 rings (SSSR count). The number of anilines is 1. The van der Waals surface area contributed by atoms with E-state index in [9.17, 15) is 13.2 Å². The number of hydrogen-bond donors (Lipinski definition) is 2. The van der Waals surface area contributed by atoms with Crippen LogP contribution in [0.25, 0.3) is 11.4 Å². The van der Waals surface area contributed by atoms with Crippen molar-refractivity contribution in [2.24, 2.45) is 0 Å². The standard InChI is InChI=1S/C20H20N4O6S/c1-12-3-4-14(20-22-13(2)30-24-20)9-18(12)31(26,27)21-11-19(25)23-15-5-6-16-17(10-15)29-8-7-28-16/h3-6,9-10,21H,7-8,11H2,1-2H3,(H,23,25). The number of hydrogen-bond acceptors (Lipinski definition) is 8. The average molecular weight is 444 g/mol. The molecule has 1 aliphatic heterocycles. The van der Waals surface area contributed by atoms with Crippen LogP contribution < -0.4 is 19.5 Å². The van der Waals surface area contributed by atoms with E-state index in [0.717, 1.165) is 0 Å². The number of nitrogens with zero attached hydrogens (tertiary/aromatic N) is 2. The van der Waals surface area contributed by atoms with Gasteiger partial charge in [-0.25, -0.2) is 13.1 Å². The summed E-state index contributed by atoms with van der Waals surface area (Å²) in [5, 5.41) is 6.44. The van der Waals surface area contributed by atoms with E-state index in [1.165, 1.54) is 6.07 Å². The number of aromatic nitrogens is 2. The molecule has 3 aromatic rings. The van der Waals surface area contributed by atoms with Crippen LogP contribution in [0.4, 0.5) is 5.69 Å². The maximum absolute atomic E-state index is 12.8. The molecule has 0 spiro atoms. The number of rotatable bonds is 6. The smallest absolute Gasteiger partial charge is 0.241 e. The van der Waals surface area contributed by atoms with E-state index in [1.54, 1.807) is 44.2 Å². The first kappa shape index (κ1) is 20.8. The van der Waals surface area contributed by atoms with E-state index in [-0.39, 0.29) is 10.7 Å². The summed E-state index contributed by atoms with van der Waals surface area (Å²) in [4.78, 5) is 16.4. The first-order valence-corrected chi connectivity index (χ1v) is 10.9. The van der Waals surface area contributed by atoms with Crippen molar-refractivity contribution in [3.8, 4) is 22.9 Å². The Labute approximate surface area is 178 Å². The summed E-state index contributed by atoms with van der Waals surface area (Å²) >= 11 is 0. The molecule has 0 fully saturated rings. The quantitative estimate of drug-likeness (QED) is 0.590. The fourth-order valence-corrected chi connectivity index (χ4v) is 4.26. The lowest BCUT2D eigenvalue weighted by atomic mass is 10.1. The molecule has 31 heavy (non-hydrogen) atoms.